The Bertz CT molecular complexity index is 401. The van der Waals surface area contributed by atoms with Crippen molar-refractivity contribution in [1.82, 2.24) is 14.7 Å². The van der Waals surface area contributed by atoms with E-state index in [1.807, 2.05) is 0 Å². The van der Waals surface area contributed by atoms with E-state index in [1.54, 1.807) is 7.11 Å². The highest BCUT2D eigenvalue weighted by Gasteiger charge is 2.30. The molecule has 0 spiro atoms. The monoisotopic (exact) mass is 315 g/mol. The smallest absolute Gasteiger partial charge is 0.0739 e. The van der Waals surface area contributed by atoms with Gasteiger partial charge in [0.05, 0.1) is 22.5 Å². The molecule has 5 heteroatoms. The third-order valence-electron chi connectivity index (χ3n) is 3.45. The molecule has 0 aromatic carbocycles. The molecule has 0 aliphatic heterocycles. The van der Waals surface area contributed by atoms with Crippen molar-refractivity contribution >= 4 is 15.9 Å². The summed E-state index contributed by atoms with van der Waals surface area (Å²) in [6.45, 7) is 7.87. The largest absolute Gasteiger partial charge is 0.383 e. The first kappa shape index (κ1) is 14.0. The van der Waals surface area contributed by atoms with E-state index in [0.29, 0.717) is 0 Å². The number of aryl methyl sites for hydroxylation is 2. The summed E-state index contributed by atoms with van der Waals surface area (Å²) in [5.41, 5.74) is 2.37. The fraction of sp³-hybridized carbons (Fsp3) is 0.769. The SMILES string of the molecule is CCn1nc(C)c(Br)c1CN(CCOC)C1CC1. The average molecular weight is 316 g/mol. The van der Waals surface area contributed by atoms with Gasteiger partial charge >= 0.3 is 0 Å². The van der Waals surface area contributed by atoms with E-state index < -0.39 is 0 Å². The molecule has 1 heterocycles. The van der Waals surface area contributed by atoms with Gasteiger partial charge in [-0.1, -0.05) is 0 Å². The number of hydrogen-bond donors (Lipinski definition) is 0. The minimum absolute atomic E-state index is 0.743. The number of ether oxygens (including phenoxy) is 1. The van der Waals surface area contributed by atoms with Crippen LogP contribution in [0.25, 0.3) is 0 Å². The zero-order valence-corrected chi connectivity index (χ0v) is 13.0. The lowest BCUT2D eigenvalue weighted by atomic mass is 10.3. The minimum Gasteiger partial charge on any atom is -0.383 e. The van der Waals surface area contributed by atoms with Crippen LogP contribution in [0.1, 0.15) is 31.2 Å². The third kappa shape index (κ3) is 3.13. The molecular weight excluding hydrogens is 294 g/mol. The highest BCUT2D eigenvalue weighted by Crippen LogP contribution is 2.30. The molecule has 0 amide bonds. The number of hydrogen-bond acceptors (Lipinski definition) is 3. The second-order valence-corrected chi connectivity index (χ2v) is 5.65. The van der Waals surface area contributed by atoms with Gasteiger partial charge in [0.15, 0.2) is 0 Å². The Morgan fingerprint density at radius 1 is 1.50 bits per heavy atom. The lowest BCUT2D eigenvalue weighted by molar-refractivity contribution is 0.137. The standard InChI is InChI=1S/C13H22BrN3O/c1-4-17-12(13(14)10(2)15-17)9-16(7-8-18-3)11-5-6-11/h11H,4-9H2,1-3H3. The van der Waals surface area contributed by atoms with Crippen LogP contribution in [0.15, 0.2) is 4.47 Å². The topological polar surface area (TPSA) is 30.3 Å². The Hall–Kier alpha value is -0.390. The minimum atomic E-state index is 0.743. The van der Waals surface area contributed by atoms with E-state index in [2.05, 4.69) is 44.5 Å². The number of aromatic nitrogens is 2. The fourth-order valence-corrected chi connectivity index (χ4v) is 2.66. The maximum atomic E-state index is 5.20. The number of halogens is 1. The predicted octanol–water partition coefficient (Wildman–Crippen LogP) is 2.58. The van der Waals surface area contributed by atoms with Crippen molar-refractivity contribution < 1.29 is 4.74 Å². The second kappa shape index (κ2) is 6.17. The molecule has 0 saturated heterocycles. The Morgan fingerprint density at radius 3 is 2.78 bits per heavy atom. The molecule has 0 unspecified atom stereocenters. The van der Waals surface area contributed by atoms with E-state index in [0.717, 1.165) is 42.4 Å². The van der Waals surface area contributed by atoms with E-state index in [-0.39, 0.29) is 0 Å². The summed E-state index contributed by atoms with van der Waals surface area (Å²) in [5.74, 6) is 0. The Kier molecular flexibility index (Phi) is 4.81. The van der Waals surface area contributed by atoms with Crippen molar-refractivity contribution in [3.05, 3.63) is 15.9 Å². The molecule has 1 fully saturated rings. The molecule has 1 saturated carbocycles. The van der Waals surface area contributed by atoms with Crippen LogP contribution in [0.3, 0.4) is 0 Å². The first-order valence-corrected chi connectivity index (χ1v) is 7.41. The van der Waals surface area contributed by atoms with Crippen molar-refractivity contribution in [3.8, 4) is 0 Å². The Balaban J connectivity index is 2.10. The van der Waals surface area contributed by atoms with E-state index in [9.17, 15) is 0 Å². The van der Waals surface area contributed by atoms with Crippen LogP contribution in [0, 0.1) is 6.92 Å². The maximum Gasteiger partial charge on any atom is 0.0739 e. The van der Waals surface area contributed by atoms with Crippen molar-refractivity contribution in [2.24, 2.45) is 0 Å². The molecule has 1 aliphatic rings. The van der Waals surface area contributed by atoms with Gasteiger partial charge in [0.2, 0.25) is 0 Å². The highest BCUT2D eigenvalue weighted by atomic mass is 79.9. The molecule has 0 radical (unpaired) electrons. The average Bonchev–Trinajstić information content (AvgIpc) is 3.16. The van der Waals surface area contributed by atoms with E-state index >= 15 is 0 Å². The lowest BCUT2D eigenvalue weighted by Gasteiger charge is -2.22. The molecule has 0 atom stereocenters. The van der Waals surface area contributed by atoms with Crippen LogP contribution in [-0.4, -0.2) is 41.0 Å². The molecule has 1 aromatic heterocycles. The van der Waals surface area contributed by atoms with Gasteiger partial charge in [-0.15, -0.1) is 0 Å². The molecule has 102 valence electrons. The number of nitrogens with zero attached hydrogens (tertiary/aromatic N) is 3. The van der Waals surface area contributed by atoms with E-state index in [4.69, 9.17) is 4.74 Å². The molecule has 0 N–H and O–H groups in total. The van der Waals surface area contributed by atoms with Gasteiger partial charge in [-0.25, -0.2) is 0 Å². The Morgan fingerprint density at radius 2 is 2.22 bits per heavy atom. The summed E-state index contributed by atoms with van der Waals surface area (Å²) in [6.07, 6.45) is 2.64. The van der Waals surface area contributed by atoms with Crippen LogP contribution in [0.5, 0.6) is 0 Å². The van der Waals surface area contributed by atoms with Gasteiger partial charge in [-0.3, -0.25) is 9.58 Å². The molecule has 1 aliphatic carbocycles. The van der Waals surface area contributed by atoms with E-state index in [1.165, 1.54) is 18.5 Å². The van der Waals surface area contributed by atoms with Crippen molar-refractivity contribution in [1.29, 1.82) is 0 Å². The van der Waals surface area contributed by atoms with Crippen LogP contribution in [-0.2, 0) is 17.8 Å². The summed E-state index contributed by atoms with van der Waals surface area (Å²) < 4.78 is 8.46. The maximum absolute atomic E-state index is 5.20. The summed E-state index contributed by atoms with van der Waals surface area (Å²) in [4.78, 5) is 2.51. The third-order valence-corrected chi connectivity index (χ3v) is 4.48. The zero-order chi connectivity index (χ0) is 13.1. The second-order valence-electron chi connectivity index (χ2n) is 4.86. The summed E-state index contributed by atoms with van der Waals surface area (Å²) in [5, 5.41) is 4.55. The van der Waals surface area contributed by atoms with Gasteiger partial charge in [-0.05, 0) is 42.6 Å². The van der Waals surface area contributed by atoms with Crippen LogP contribution >= 0.6 is 15.9 Å². The van der Waals surface area contributed by atoms with Crippen molar-refractivity contribution in [2.45, 2.75) is 45.8 Å². The van der Waals surface area contributed by atoms with Gasteiger partial charge in [-0.2, -0.15) is 5.10 Å². The summed E-state index contributed by atoms with van der Waals surface area (Å²) in [7, 11) is 1.77. The Labute approximate surface area is 117 Å². The molecule has 1 aromatic rings. The van der Waals surface area contributed by atoms with Crippen LogP contribution in [0.4, 0.5) is 0 Å². The first-order valence-electron chi connectivity index (χ1n) is 6.62. The molecular formula is C13H22BrN3O. The molecule has 2 rings (SSSR count). The fourth-order valence-electron chi connectivity index (χ4n) is 2.25. The lowest BCUT2D eigenvalue weighted by Crippen LogP contribution is -2.30. The van der Waals surface area contributed by atoms with Crippen molar-refractivity contribution in [3.63, 3.8) is 0 Å². The normalized spacial score (nSPS) is 15.6. The van der Waals surface area contributed by atoms with Crippen LogP contribution < -0.4 is 0 Å². The van der Waals surface area contributed by atoms with Crippen LogP contribution in [0.2, 0.25) is 0 Å². The number of methoxy groups -OCH3 is 1. The van der Waals surface area contributed by atoms with Gasteiger partial charge in [0.25, 0.3) is 0 Å². The highest BCUT2D eigenvalue weighted by molar-refractivity contribution is 9.10. The number of rotatable bonds is 7. The van der Waals surface area contributed by atoms with Crippen molar-refractivity contribution in [2.75, 3.05) is 20.3 Å². The van der Waals surface area contributed by atoms with Gasteiger partial charge in [0, 0.05) is 32.8 Å². The molecule has 4 nitrogen and oxygen atoms in total. The van der Waals surface area contributed by atoms with Gasteiger partial charge < -0.3 is 4.74 Å². The molecule has 0 bridgehead atoms. The summed E-state index contributed by atoms with van der Waals surface area (Å²) in [6, 6.07) is 0.743. The van der Waals surface area contributed by atoms with Gasteiger partial charge in [0.1, 0.15) is 0 Å². The summed E-state index contributed by atoms with van der Waals surface area (Å²) >= 11 is 3.67. The zero-order valence-electron chi connectivity index (χ0n) is 11.4. The first-order chi connectivity index (χ1) is 8.67. The molecule has 18 heavy (non-hydrogen) atoms. The quantitative estimate of drug-likeness (QED) is 0.774. The predicted molar refractivity (Wildman–Crippen MR) is 75.6 cm³/mol.